The van der Waals surface area contributed by atoms with E-state index in [-0.39, 0.29) is 12.1 Å². The number of rotatable bonds is 6. The number of aromatic nitrogens is 3. The molecule has 2 aliphatic rings. The molecule has 8 heteroatoms. The molecule has 0 spiro atoms. The molecule has 31 heavy (non-hydrogen) atoms. The number of nitrogens with zero attached hydrogens (tertiary/aromatic N) is 5. The number of nitrogens with one attached hydrogen (secondary N) is 1. The first-order valence-electron chi connectivity index (χ1n) is 10.7. The van der Waals surface area contributed by atoms with Crippen molar-refractivity contribution in [3.8, 4) is 5.82 Å². The minimum absolute atomic E-state index is 0.0143. The standard InChI is InChI=1S/C23H26N6OS/c31-23-26-21(18-6-1-3-9-24-18)22(29(23)13-12-27-14-16-30-17-15-27)19-7-5-11-28(19)20-8-2-4-10-25-20/h1-11,21-22H,12-17H2,(H,26,31). The number of ether oxygens (including phenoxy) is 1. The highest BCUT2D eigenvalue weighted by Crippen LogP contribution is 2.39. The maximum Gasteiger partial charge on any atom is 0.170 e. The highest BCUT2D eigenvalue weighted by Gasteiger charge is 2.41. The molecular formula is C23H26N6OS. The zero-order valence-corrected chi connectivity index (χ0v) is 18.1. The zero-order valence-electron chi connectivity index (χ0n) is 17.3. The van der Waals surface area contributed by atoms with Gasteiger partial charge in [-0.05, 0) is 48.6 Å². The minimum Gasteiger partial charge on any atom is -0.379 e. The molecule has 7 nitrogen and oxygen atoms in total. The van der Waals surface area contributed by atoms with Gasteiger partial charge in [-0.2, -0.15) is 0 Å². The number of hydrogen-bond donors (Lipinski definition) is 1. The fourth-order valence-corrected chi connectivity index (χ4v) is 4.71. The van der Waals surface area contributed by atoms with E-state index < -0.39 is 0 Å². The second kappa shape index (κ2) is 9.13. The summed E-state index contributed by atoms with van der Waals surface area (Å²) in [7, 11) is 0. The molecular weight excluding hydrogens is 408 g/mol. The van der Waals surface area contributed by atoms with E-state index in [1.165, 1.54) is 0 Å². The van der Waals surface area contributed by atoms with E-state index in [9.17, 15) is 0 Å². The van der Waals surface area contributed by atoms with Crippen LogP contribution in [0.15, 0.2) is 67.1 Å². The highest BCUT2D eigenvalue weighted by atomic mass is 32.1. The molecule has 2 atom stereocenters. The number of thiocarbonyl (C=S) groups is 1. The predicted octanol–water partition coefficient (Wildman–Crippen LogP) is 2.57. The van der Waals surface area contributed by atoms with Crippen molar-refractivity contribution in [3.63, 3.8) is 0 Å². The van der Waals surface area contributed by atoms with Crippen LogP contribution in [-0.2, 0) is 4.74 Å². The first kappa shape index (κ1) is 20.1. The lowest BCUT2D eigenvalue weighted by atomic mass is 10.0. The van der Waals surface area contributed by atoms with Crippen molar-refractivity contribution in [2.24, 2.45) is 0 Å². The number of morpholine rings is 1. The summed E-state index contributed by atoms with van der Waals surface area (Å²) in [6.45, 7) is 5.31. The maximum absolute atomic E-state index is 5.81. The van der Waals surface area contributed by atoms with Crippen LogP contribution < -0.4 is 5.32 Å². The maximum atomic E-state index is 5.81. The van der Waals surface area contributed by atoms with Crippen LogP contribution in [0.4, 0.5) is 0 Å². The van der Waals surface area contributed by atoms with Crippen molar-refractivity contribution in [2.45, 2.75) is 12.1 Å². The largest absolute Gasteiger partial charge is 0.379 e. The summed E-state index contributed by atoms with van der Waals surface area (Å²) in [4.78, 5) is 14.0. The summed E-state index contributed by atoms with van der Waals surface area (Å²) in [6, 6.07) is 16.2. The Bertz CT molecular complexity index is 1010. The molecule has 0 radical (unpaired) electrons. The van der Waals surface area contributed by atoms with Crippen LogP contribution >= 0.6 is 12.2 Å². The zero-order chi connectivity index (χ0) is 21.0. The molecule has 2 unspecified atom stereocenters. The second-order valence-electron chi connectivity index (χ2n) is 7.77. The summed E-state index contributed by atoms with van der Waals surface area (Å²) >= 11 is 5.81. The third-order valence-electron chi connectivity index (χ3n) is 5.94. The van der Waals surface area contributed by atoms with Gasteiger partial charge in [0.15, 0.2) is 5.11 Å². The molecule has 1 N–H and O–H groups in total. The summed E-state index contributed by atoms with van der Waals surface area (Å²) in [6.07, 6.45) is 5.73. The Morgan fingerprint density at radius 3 is 2.52 bits per heavy atom. The molecule has 3 aromatic rings. The molecule has 5 rings (SSSR count). The van der Waals surface area contributed by atoms with Crippen molar-refractivity contribution < 1.29 is 4.74 Å². The molecule has 0 bridgehead atoms. The van der Waals surface area contributed by atoms with Gasteiger partial charge >= 0.3 is 0 Å². The number of hydrogen-bond acceptors (Lipinski definition) is 5. The Morgan fingerprint density at radius 2 is 1.77 bits per heavy atom. The van der Waals surface area contributed by atoms with Crippen LogP contribution in [-0.4, -0.2) is 68.8 Å². The van der Waals surface area contributed by atoms with E-state index in [0.29, 0.717) is 0 Å². The Balaban J connectivity index is 1.49. The SMILES string of the molecule is S=C1NC(c2ccccn2)C(c2cccn2-c2ccccn2)N1CCN1CCOCC1. The lowest BCUT2D eigenvalue weighted by Gasteiger charge is -2.32. The van der Waals surface area contributed by atoms with Gasteiger partial charge in [0.25, 0.3) is 0 Å². The van der Waals surface area contributed by atoms with E-state index in [1.54, 1.807) is 0 Å². The third-order valence-corrected chi connectivity index (χ3v) is 6.29. The smallest absolute Gasteiger partial charge is 0.170 e. The van der Waals surface area contributed by atoms with E-state index in [4.69, 9.17) is 17.0 Å². The van der Waals surface area contributed by atoms with Crippen LogP contribution in [0.2, 0.25) is 0 Å². The third kappa shape index (κ3) is 4.19. The Labute approximate surface area is 187 Å². The van der Waals surface area contributed by atoms with Crippen LogP contribution in [0.1, 0.15) is 23.5 Å². The molecule has 3 aromatic heterocycles. The van der Waals surface area contributed by atoms with Gasteiger partial charge in [0.1, 0.15) is 5.82 Å². The average Bonchev–Trinajstić information content (AvgIpc) is 3.44. The van der Waals surface area contributed by atoms with Crippen molar-refractivity contribution in [2.75, 3.05) is 39.4 Å². The van der Waals surface area contributed by atoms with Crippen LogP contribution in [0.5, 0.6) is 0 Å². The van der Waals surface area contributed by atoms with Gasteiger partial charge in [-0.15, -0.1) is 0 Å². The van der Waals surface area contributed by atoms with Gasteiger partial charge in [-0.25, -0.2) is 4.98 Å². The fraction of sp³-hybridized carbons (Fsp3) is 0.348. The van der Waals surface area contributed by atoms with Gasteiger partial charge in [0.05, 0.1) is 31.0 Å². The predicted molar refractivity (Wildman–Crippen MR) is 123 cm³/mol. The van der Waals surface area contributed by atoms with E-state index in [2.05, 4.69) is 54.0 Å². The Hall–Kier alpha value is -2.81. The molecule has 0 amide bonds. The van der Waals surface area contributed by atoms with E-state index in [0.717, 1.165) is 61.7 Å². The lowest BCUT2D eigenvalue weighted by Crippen LogP contribution is -2.42. The molecule has 2 fully saturated rings. The van der Waals surface area contributed by atoms with Crippen molar-refractivity contribution in [1.82, 2.24) is 29.7 Å². The molecule has 160 valence electrons. The summed E-state index contributed by atoms with van der Waals surface area (Å²) < 4.78 is 7.65. The minimum atomic E-state index is -0.0317. The van der Waals surface area contributed by atoms with Crippen LogP contribution in [0.3, 0.4) is 0 Å². The highest BCUT2D eigenvalue weighted by molar-refractivity contribution is 7.80. The van der Waals surface area contributed by atoms with Crippen molar-refractivity contribution >= 4 is 17.3 Å². The van der Waals surface area contributed by atoms with Gasteiger partial charge in [0.2, 0.25) is 0 Å². The Morgan fingerprint density at radius 1 is 0.968 bits per heavy atom. The van der Waals surface area contributed by atoms with Gasteiger partial charge in [-0.1, -0.05) is 12.1 Å². The molecule has 2 saturated heterocycles. The van der Waals surface area contributed by atoms with Crippen LogP contribution in [0.25, 0.3) is 5.82 Å². The monoisotopic (exact) mass is 434 g/mol. The first-order chi connectivity index (χ1) is 15.3. The quantitative estimate of drug-likeness (QED) is 0.599. The van der Waals surface area contributed by atoms with Crippen molar-refractivity contribution in [3.05, 3.63) is 78.5 Å². The van der Waals surface area contributed by atoms with E-state index in [1.807, 2.05) is 42.7 Å². The summed E-state index contributed by atoms with van der Waals surface area (Å²) in [5, 5.41) is 4.31. The van der Waals surface area contributed by atoms with Crippen LogP contribution in [0, 0.1) is 0 Å². The fourth-order valence-electron chi connectivity index (χ4n) is 4.38. The molecule has 0 aromatic carbocycles. The van der Waals surface area contributed by atoms with Crippen molar-refractivity contribution in [1.29, 1.82) is 0 Å². The second-order valence-corrected chi connectivity index (χ2v) is 8.15. The molecule has 5 heterocycles. The first-order valence-corrected chi connectivity index (χ1v) is 11.1. The molecule has 2 aliphatic heterocycles. The lowest BCUT2D eigenvalue weighted by molar-refractivity contribution is 0.0349. The molecule has 0 aliphatic carbocycles. The summed E-state index contributed by atoms with van der Waals surface area (Å²) in [5.74, 6) is 0.896. The number of pyridine rings is 2. The van der Waals surface area contributed by atoms with Gasteiger partial charge in [-0.3, -0.25) is 9.88 Å². The van der Waals surface area contributed by atoms with Gasteiger partial charge < -0.3 is 19.5 Å². The average molecular weight is 435 g/mol. The van der Waals surface area contributed by atoms with E-state index >= 15 is 0 Å². The van der Waals surface area contributed by atoms with Gasteiger partial charge in [0, 0.05) is 50.5 Å². The topological polar surface area (TPSA) is 58.5 Å². The normalized spacial score (nSPS) is 21.9. The Kier molecular flexibility index (Phi) is 5.93. The summed E-state index contributed by atoms with van der Waals surface area (Å²) in [5.41, 5.74) is 2.13. The molecule has 0 saturated carbocycles.